The third kappa shape index (κ3) is 2.72. The van der Waals surface area contributed by atoms with Crippen LogP contribution in [-0.4, -0.2) is 21.2 Å². The Morgan fingerprint density at radius 1 is 1.08 bits per heavy atom. The zero-order valence-corrected chi connectivity index (χ0v) is 13.0. The highest BCUT2D eigenvalue weighted by molar-refractivity contribution is 5.82. The maximum absolute atomic E-state index is 9.60. The normalized spacial score (nSPS) is 13.2. The molecule has 24 heavy (non-hydrogen) atoms. The average Bonchev–Trinajstić information content (AvgIpc) is 3.03. The van der Waals surface area contributed by atoms with Crippen LogP contribution < -0.4 is 5.73 Å². The number of aliphatic hydroxyl groups is 1. The van der Waals surface area contributed by atoms with Gasteiger partial charge in [0.1, 0.15) is 18.0 Å². The molecule has 1 heterocycles. The van der Waals surface area contributed by atoms with Crippen LogP contribution in [0.15, 0.2) is 36.4 Å². The van der Waals surface area contributed by atoms with Crippen molar-refractivity contribution >= 4 is 11.0 Å². The van der Waals surface area contributed by atoms with Crippen LogP contribution in [0.5, 0.6) is 0 Å². The fourth-order valence-corrected chi connectivity index (χ4v) is 2.51. The first-order valence-electron chi connectivity index (χ1n) is 7.41. The molecular formula is C18H15N5O. The van der Waals surface area contributed by atoms with E-state index in [1.807, 2.05) is 30.3 Å². The Labute approximate surface area is 138 Å². The number of aromatic amines is 1. The molecule has 0 fully saturated rings. The Balaban J connectivity index is 2.06. The Kier molecular flexibility index (Phi) is 4.01. The van der Waals surface area contributed by atoms with E-state index in [0.29, 0.717) is 17.0 Å². The number of nitrogens with two attached hydrogens (primary N) is 1. The number of nitriles is 2. The molecule has 0 aliphatic rings. The fraction of sp³-hybridized carbons (Fsp3) is 0.167. The molecule has 0 bridgehead atoms. The van der Waals surface area contributed by atoms with Gasteiger partial charge in [0.15, 0.2) is 0 Å². The molecule has 0 spiro atoms. The van der Waals surface area contributed by atoms with Crippen LogP contribution in [0.25, 0.3) is 22.2 Å². The van der Waals surface area contributed by atoms with Gasteiger partial charge in [0, 0.05) is 0 Å². The van der Waals surface area contributed by atoms with Crippen LogP contribution in [0.2, 0.25) is 0 Å². The third-order valence-electron chi connectivity index (χ3n) is 3.93. The zero-order chi connectivity index (χ0) is 17.3. The van der Waals surface area contributed by atoms with Crippen LogP contribution in [0.4, 0.5) is 0 Å². The predicted octanol–water partition coefficient (Wildman–Crippen LogP) is 2.35. The van der Waals surface area contributed by atoms with E-state index >= 15 is 0 Å². The van der Waals surface area contributed by atoms with Crippen molar-refractivity contribution in [3.63, 3.8) is 0 Å². The maximum Gasteiger partial charge on any atom is 0.126 e. The summed E-state index contributed by atoms with van der Waals surface area (Å²) in [4.78, 5) is 7.52. The number of hydrogen-bond acceptors (Lipinski definition) is 5. The van der Waals surface area contributed by atoms with E-state index in [9.17, 15) is 5.11 Å². The number of nitrogens with one attached hydrogen (secondary N) is 1. The molecule has 0 saturated heterocycles. The van der Waals surface area contributed by atoms with Crippen LogP contribution in [-0.2, 0) is 0 Å². The molecule has 118 valence electrons. The van der Waals surface area contributed by atoms with E-state index in [2.05, 4.69) is 9.97 Å². The van der Waals surface area contributed by atoms with Crippen LogP contribution in [0, 0.1) is 22.7 Å². The van der Waals surface area contributed by atoms with Crippen LogP contribution >= 0.6 is 0 Å². The van der Waals surface area contributed by atoms with E-state index in [-0.39, 0.29) is 0 Å². The molecule has 6 nitrogen and oxygen atoms in total. The number of aliphatic hydroxyl groups excluding tert-OH is 1. The molecule has 6 heteroatoms. The van der Waals surface area contributed by atoms with Crippen molar-refractivity contribution in [2.75, 3.05) is 0 Å². The van der Waals surface area contributed by atoms with Gasteiger partial charge < -0.3 is 15.8 Å². The average molecular weight is 317 g/mol. The number of H-pyrrole nitrogens is 1. The molecule has 3 aromatic rings. The minimum absolute atomic E-state index is 0.344. The van der Waals surface area contributed by atoms with E-state index in [1.165, 1.54) is 0 Å². The SMILES string of the molecule is CC(O)C(N)c1nc2ccc(-c3ccc(C#N)c(C#N)c3)cc2[nH]1. The topological polar surface area (TPSA) is 123 Å². The summed E-state index contributed by atoms with van der Waals surface area (Å²) in [5, 5.41) is 27.8. The molecular weight excluding hydrogens is 302 g/mol. The van der Waals surface area contributed by atoms with Gasteiger partial charge in [0.2, 0.25) is 0 Å². The first-order valence-corrected chi connectivity index (χ1v) is 7.41. The summed E-state index contributed by atoms with van der Waals surface area (Å²) in [6.07, 6.45) is -0.707. The van der Waals surface area contributed by atoms with Crippen LogP contribution in [0.3, 0.4) is 0 Å². The second-order valence-electron chi connectivity index (χ2n) is 5.60. The van der Waals surface area contributed by atoms with Gasteiger partial charge in [0.05, 0.1) is 34.3 Å². The molecule has 3 rings (SSSR count). The molecule has 0 aliphatic carbocycles. The third-order valence-corrected chi connectivity index (χ3v) is 3.93. The highest BCUT2D eigenvalue weighted by atomic mass is 16.3. The van der Waals surface area contributed by atoms with E-state index in [4.69, 9.17) is 16.3 Å². The monoisotopic (exact) mass is 317 g/mol. The lowest BCUT2D eigenvalue weighted by Gasteiger charge is -2.10. The number of fused-ring (bicyclic) bond motifs is 1. The molecule has 0 radical (unpaired) electrons. The number of nitrogens with zero attached hydrogens (tertiary/aromatic N) is 3. The summed E-state index contributed by atoms with van der Waals surface area (Å²) in [5.41, 5.74) is 9.88. The lowest BCUT2D eigenvalue weighted by Crippen LogP contribution is -2.24. The molecule has 2 unspecified atom stereocenters. The largest absolute Gasteiger partial charge is 0.391 e. The Morgan fingerprint density at radius 3 is 2.42 bits per heavy atom. The number of aromatic nitrogens is 2. The lowest BCUT2D eigenvalue weighted by molar-refractivity contribution is 0.161. The molecule has 0 amide bonds. The van der Waals surface area contributed by atoms with Gasteiger partial charge in [-0.3, -0.25) is 0 Å². The maximum atomic E-state index is 9.60. The highest BCUT2D eigenvalue weighted by Gasteiger charge is 2.16. The number of imidazole rings is 1. The summed E-state index contributed by atoms with van der Waals surface area (Å²) < 4.78 is 0. The molecule has 4 N–H and O–H groups in total. The standard InChI is InChI=1S/C18H15N5O/c1-10(24)17(21)18-22-15-5-4-12(7-16(15)23-18)11-2-3-13(8-19)14(6-11)9-20/h2-7,10,17,24H,21H2,1H3,(H,22,23). The minimum atomic E-state index is -0.707. The molecule has 0 saturated carbocycles. The second kappa shape index (κ2) is 6.13. The van der Waals surface area contributed by atoms with Gasteiger partial charge in [-0.05, 0) is 42.3 Å². The summed E-state index contributed by atoms with van der Waals surface area (Å²) in [6.45, 7) is 1.61. The molecule has 2 atom stereocenters. The van der Waals surface area contributed by atoms with Gasteiger partial charge in [-0.1, -0.05) is 12.1 Å². The lowest BCUT2D eigenvalue weighted by atomic mass is 10.00. The van der Waals surface area contributed by atoms with Gasteiger partial charge in [-0.25, -0.2) is 4.98 Å². The fourth-order valence-electron chi connectivity index (χ4n) is 2.51. The first kappa shape index (κ1) is 15.7. The summed E-state index contributed by atoms with van der Waals surface area (Å²) in [6, 6.07) is 14.2. The van der Waals surface area contributed by atoms with Gasteiger partial charge in [0.25, 0.3) is 0 Å². The number of rotatable bonds is 3. The predicted molar refractivity (Wildman–Crippen MR) is 89.6 cm³/mol. The Bertz CT molecular complexity index is 991. The summed E-state index contributed by atoms with van der Waals surface area (Å²) in [7, 11) is 0. The van der Waals surface area contributed by atoms with Crippen molar-refractivity contribution < 1.29 is 5.11 Å². The molecule has 0 aliphatic heterocycles. The molecule has 1 aromatic heterocycles. The highest BCUT2D eigenvalue weighted by Crippen LogP contribution is 2.26. The van der Waals surface area contributed by atoms with Gasteiger partial charge in [-0.2, -0.15) is 10.5 Å². The van der Waals surface area contributed by atoms with Crippen LogP contribution in [0.1, 0.15) is 29.9 Å². The van der Waals surface area contributed by atoms with Crippen molar-refractivity contribution in [2.24, 2.45) is 5.73 Å². The van der Waals surface area contributed by atoms with Crippen molar-refractivity contribution in [2.45, 2.75) is 19.1 Å². The van der Waals surface area contributed by atoms with Crippen molar-refractivity contribution in [1.29, 1.82) is 10.5 Å². The quantitative estimate of drug-likeness (QED) is 0.684. The van der Waals surface area contributed by atoms with Crippen molar-refractivity contribution in [1.82, 2.24) is 9.97 Å². The van der Waals surface area contributed by atoms with E-state index in [1.54, 1.807) is 25.1 Å². The van der Waals surface area contributed by atoms with E-state index < -0.39 is 12.1 Å². The summed E-state index contributed by atoms with van der Waals surface area (Å²) >= 11 is 0. The number of benzene rings is 2. The van der Waals surface area contributed by atoms with Gasteiger partial charge in [-0.15, -0.1) is 0 Å². The molecule has 2 aromatic carbocycles. The van der Waals surface area contributed by atoms with E-state index in [0.717, 1.165) is 22.2 Å². The zero-order valence-electron chi connectivity index (χ0n) is 13.0. The second-order valence-corrected chi connectivity index (χ2v) is 5.60. The Morgan fingerprint density at radius 2 is 1.75 bits per heavy atom. The minimum Gasteiger partial charge on any atom is -0.391 e. The number of hydrogen-bond donors (Lipinski definition) is 3. The summed E-state index contributed by atoms with van der Waals surface area (Å²) in [5.74, 6) is 0.523. The van der Waals surface area contributed by atoms with Crippen molar-refractivity contribution in [3.8, 4) is 23.3 Å². The smallest absolute Gasteiger partial charge is 0.126 e. The van der Waals surface area contributed by atoms with Gasteiger partial charge >= 0.3 is 0 Å². The first-order chi connectivity index (χ1) is 11.5. The van der Waals surface area contributed by atoms with Crippen molar-refractivity contribution in [3.05, 3.63) is 53.3 Å². The Hall–Kier alpha value is -3.19.